The van der Waals surface area contributed by atoms with Crippen molar-refractivity contribution in [2.45, 2.75) is 19.7 Å². The molecule has 94 valence electrons. The monoisotopic (exact) mass is 266 g/mol. The van der Waals surface area contributed by atoms with E-state index in [1.54, 1.807) is 32.2 Å². The normalized spacial score (nSPS) is 10.4. The Labute approximate surface area is 110 Å². The van der Waals surface area contributed by atoms with E-state index in [4.69, 9.17) is 16.3 Å². The Morgan fingerprint density at radius 2 is 2.11 bits per heavy atom. The molecule has 0 aliphatic rings. The molecular weight excluding hydrogens is 255 g/mol. The molecule has 5 heteroatoms. The van der Waals surface area contributed by atoms with Crippen molar-refractivity contribution >= 4 is 11.6 Å². The second-order valence-electron chi connectivity index (χ2n) is 3.89. The van der Waals surface area contributed by atoms with Crippen LogP contribution in [0.25, 0.3) is 0 Å². The van der Waals surface area contributed by atoms with Crippen molar-refractivity contribution in [3.8, 4) is 11.8 Å². The van der Waals surface area contributed by atoms with E-state index >= 15 is 0 Å². The number of halogens is 2. The van der Waals surface area contributed by atoms with Crippen LogP contribution >= 0.6 is 11.6 Å². The first-order chi connectivity index (χ1) is 8.61. The number of ether oxygens (including phenoxy) is 1. The Bertz CT molecular complexity index is 575. The van der Waals surface area contributed by atoms with E-state index in [9.17, 15) is 4.39 Å². The van der Waals surface area contributed by atoms with E-state index in [2.05, 4.69) is 9.97 Å². The highest BCUT2D eigenvalue weighted by Crippen LogP contribution is 2.24. The van der Waals surface area contributed by atoms with Crippen LogP contribution in [-0.2, 0) is 5.88 Å². The van der Waals surface area contributed by atoms with Gasteiger partial charge >= 0.3 is 6.01 Å². The van der Waals surface area contributed by atoms with Gasteiger partial charge in [-0.15, -0.1) is 11.6 Å². The number of benzene rings is 1. The topological polar surface area (TPSA) is 35.0 Å². The van der Waals surface area contributed by atoms with Gasteiger partial charge in [0, 0.05) is 17.5 Å². The largest absolute Gasteiger partial charge is 0.421 e. The van der Waals surface area contributed by atoms with Gasteiger partial charge in [-0.2, -0.15) is 4.98 Å². The number of hydrogen-bond donors (Lipinski definition) is 0. The van der Waals surface area contributed by atoms with E-state index < -0.39 is 5.82 Å². The molecule has 2 rings (SSSR count). The van der Waals surface area contributed by atoms with Crippen molar-refractivity contribution in [3.63, 3.8) is 0 Å². The number of nitrogens with zero attached hydrogens (tertiary/aromatic N) is 2. The number of rotatable bonds is 3. The van der Waals surface area contributed by atoms with E-state index in [-0.39, 0.29) is 11.8 Å². The fourth-order valence-electron chi connectivity index (χ4n) is 1.45. The smallest absolute Gasteiger partial charge is 0.322 e. The third-order valence-corrected chi connectivity index (χ3v) is 2.85. The maximum atomic E-state index is 13.7. The molecule has 0 aliphatic carbocycles. The Morgan fingerprint density at radius 1 is 1.33 bits per heavy atom. The second kappa shape index (κ2) is 5.31. The van der Waals surface area contributed by atoms with Crippen molar-refractivity contribution in [2.75, 3.05) is 0 Å². The van der Waals surface area contributed by atoms with Gasteiger partial charge in [-0.1, -0.05) is 12.1 Å². The third kappa shape index (κ3) is 2.59. The highest BCUT2D eigenvalue weighted by molar-refractivity contribution is 6.17. The van der Waals surface area contributed by atoms with E-state index in [0.29, 0.717) is 11.4 Å². The molecule has 0 atom stereocenters. The average molecular weight is 267 g/mol. The van der Waals surface area contributed by atoms with Gasteiger partial charge in [0.1, 0.15) is 0 Å². The fraction of sp³-hybridized carbons (Fsp3) is 0.231. The summed E-state index contributed by atoms with van der Waals surface area (Å²) in [6, 6.07) is 5.04. The maximum absolute atomic E-state index is 13.7. The summed E-state index contributed by atoms with van der Waals surface area (Å²) >= 11 is 5.71. The molecule has 0 spiro atoms. The molecule has 0 saturated heterocycles. The van der Waals surface area contributed by atoms with E-state index in [0.717, 1.165) is 11.3 Å². The summed E-state index contributed by atoms with van der Waals surface area (Å²) in [4.78, 5) is 8.12. The van der Waals surface area contributed by atoms with Gasteiger partial charge in [-0.25, -0.2) is 9.37 Å². The molecular formula is C13H12ClFN2O. The molecule has 0 fully saturated rings. The fourth-order valence-corrected chi connectivity index (χ4v) is 1.71. The zero-order valence-corrected chi connectivity index (χ0v) is 10.8. The number of hydrogen-bond acceptors (Lipinski definition) is 3. The summed E-state index contributed by atoms with van der Waals surface area (Å²) in [5.74, 6) is 0.0541. The predicted molar refractivity (Wildman–Crippen MR) is 67.5 cm³/mol. The van der Waals surface area contributed by atoms with Crippen LogP contribution in [0.1, 0.15) is 16.8 Å². The summed E-state index contributed by atoms with van der Waals surface area (Å²) in [5.41, 5.74) is 2.07. The zero-order valence-electron chi connectivity index (χ0n) is 10.1. The van der Waals surface area contributed by atoms with Gasteiger partial charge in [0.2, 0.25) is 0 Å². The zero-order chi connectivity index (χ0) is 13.1. The SMILES string of the molecule is Cc1cccc(Oc2ncc(CCl)c(C)n2)c1F. The molecule has 0 saturated carbocycles. The molecule has 1 aromatic heterocycles. The standard InChI is InChI=1S/C13H12ClFN2O/c1-8-4-3-5-11(12(8)15)18-13-16-7-10(6-14)9(2)17-13/h3-5,7H,6H2,1-2H3. The number of aryl methyl sites for hydroxylation is 2. The van der Waals surface area contributed by atoms with E-state index in [1.165, 1.54) is 6.07 Å². The van der Waals surface area contributed by atoms with Crippen molar-refractivity contribution in [2.24, 2.45) is 0 Å². The van der Waals surface area contributed by atoms with Gasteiger partial charge in [0.15, 0.2) is 11.6 Å². The summed E-state index contributed by atoms with van der Waals surface area (Å²) in [6.07, 6.45) is 1.58. The summed E-state index contributed by atoms with van der Waals surface area (Å²) in [7, 11) is 0. The molecule has 0 N–H and O–H groups in total. The minimum atomic E-state index is -0.403. The Morgan fingerprint density at radius 3 is 2.78 bits per heavy atom. The molecule has 2 aromatic rings. The van der Waals surface area contributed by atoms with Crippen LogP contribution < -0.4 is 4.74 Å². The van der Waals surface area contributed by atoms with Crippen molar-refractivity contribution < 1.29 is 9.13 Å². The first-order valence-corrected chi connectivity index (χ1v) is 5.96. The average Bonchev–Trinajstić information content (AvgIpc) is 2.35. The van der Waals surface area contributed by atoms with Crippen LogP contribution in [-0.4, -0.2) is 9.97 Å². The van der Waals surface area contributed by atoms with Crippen molar-refractivity contribution in [1.82, 2.24) is 9.97 Å². The van der Waals surface area contributed by atoms with Crippen LogP contribution in [0.15, 0.2) is 24.4 Å². The first-order valence-electron chi connectivity index (χ1n) is 5.43. The van der Waals surface area contributed by atoms with Crippen molar-refractivity contribution in [3.05, 3.63) is 47.0 Å². The molecule has 0 amide bonds. The molecule has 0 unspecified atom stereocenters. The lowest BCUT2D eigenvalue weighted by Crippen LogP contribution is -1.98. The molecule has 3 nitrogen and oxygen atoms in total. The van der Waals surface area contributed by atoms with Crippen LogP contribution in [0.5, 0.6) is 11.8 Å². The molecule has 1 heterocycles. The van der Waals surface area contributed by atoms with Gasteiger partial charge in [-0.3, -0.25) is 0 Å². The molecule has 0 radical (unpaired) electrons. The highest BCUT2D eigenvalue weighted by Gasteiger charge is 2.09. The van der Waals surface area contributed by atoms with E-state index in [1.807, 2.05) is 0 Å². The minimum Gasteiger partial charge on any atom is -0.421 e. The summed E-state index contributed by atoms with van der Waals surface area (Å²) in [6.45, 7) is 3.48. The molecule has 0 aliphatic heterocycles. The lowest BCUT2D eigenvalue weighted by molar-refractivity contribution is 0.408. The van der Waals surface area contributed by atoms with Gasteiger partial charge in [0.05, 0.1) is 5.88 Å². The minimum absolute atomic E-state index is 0.117. The number of alkyl halides is 1. The Balaban J connectivity index is 2.29. The quantitative estimate of drug-likeness (QED) is 0.794. The van der Waals surface area contributed by atoms with Gasteiger partial charge < -0.3 is 4.74 Å². The summed E-state index contributed by atoms with van der Waals surface area (Å²) in [5, 5.41) is 0. The third-order valence-electron chi connectivity index (χ3n) is 2.56. The second-order valence-corrected chi connectivity index (χ2v) is 4.15. The predicted octanol–water partition coefficient (Wildman–Crippen LogP) is 3.76. The van der Waals surface area contributed by atoms with Gasteiger partial charge in [-0.05, 0) is 25.5 Å². The lowest BCUT2D eigenvalue weighted by atomic mass is 10.2. The van der Waals surface area contributed by atoms with Gasteiger partial charge in [0.25, 0.3) is 0 Å². The Hall–Kier alpha value is -1.68. The summed E-state index contributed by atoms with van der Waals surface area (Å²) < 4.78 is 19.1. The maximum Gasteiger partial charge on any atom is 0.322 e. The molecule has 18 heavy (non-hydrogen) atoms. The van der Waals surface area contributed by atoms with Crippen LogP contribution in [0.4, 0.5) is 4.39 Å². The van der Waals surface area contributed by atoms with Crippen LogP contribution in [0.2, 0.25) is 0 Å². The van der Waals surface area contributed by atoms with Crippen molar-refractivity contribution in [1.29, 1.82) is 0 Å². The molecule has 0 bridgehead atoms. The Kier molecular flexibility index (Phi) is 3.77. The number of aromatic nitrogens is 2. The highest BCUT2D eigenvalue weighted by atomic mass is 35.5. The van der Waals surface area contributed by atoms with Crippen LogP contribution in [0.3, 0.4) is 0 Å². The first kappa shape index (κ1) is 12.8. The lowest BCUT2D eigenvalue weighted by Gasteiger charge is -2.08. The van der Waals surface area contributed by atoms with Crippen LogP contribution in [0, 0.1) is 19.7 Å². The molecule has 1 aromatic carbocycles.